The van der Waals surface area contributed by atoms with E-state index in [1.165, 1.54) is 18.3 Å². The Morgan fingerprint density at radius 2 is 1.72 bits per heavy atom. The third kappa shape index (κ3) is 5.07. The zero-order chi connectivity index (χ0) is 20.8. The summed E-state index contributed by atoms with van der Waals surface area (Å²) in [6, 6.07) is 13.5. The van der Waals surface area contributed by atoms with Crippen molar-refractivity contribution >= 4 is 24.0 Å². The predicted octanol–water partition coefficient (Wildman–Crippen LogP) is 1.36. The number of likely N-dealkylation sites (tertiary alicyclic amines) is 1. The van der Waals surface area contributed by atoms with Gasteiger partial charge >= 0.3 is 0 Å². The molecule has 7 nitrogen and oxygen atoms in total. The molecule has 0 aliphatic carbocycles. The Bertz CT molecular complexity index is 929. The van der Waals surface area contributed by atoms with Crippen LogP contribution in [-0.2, 0) is 4.79 Å². The smallest absolute Gasteiger partial charge is 0.254 e. The lowest BCUT2D eigenvalue weighted by Crippen LogP contribution is -2.42. The van der Waals surface area contributed by atoms with Gasteiger partial charge in [-0.2, -0.15) is 5.10 Å². The highest BCUT2D eigenvalue weighted by atomic mass is 16.4. The second-order valence-electron chi connectivity index (χ2n) is 7.03. The van der Waals surface area contributed by atoms with Gasteiger partial charge in [-0.25, -0.2) is 5.43 Å². The van der Waals surface area contributed by atoms with Gasteiger partial charge in [-0.15, -0.1) is 0 Å². The molecule has 1 heterocycles. The molecule has 150 valence electrons. The van der Waals surface area contributed by atoms with Gasteiger partial charge in [0.05, 0.1) is 12.2 Å². The van der Waals surface area contributed by atoms with Crippen LogP contribution < -0.4 is 10.5 Å². The summed E-state index contributed by atoms with van der Waals surface area (Å²) in [5.74, 6) is -1.63. The number of amides is 2. The first-order valence-electron chi connectivity index (χ1n) is 9.45. The molecule has 0 unspecified atom stereocenters. The molecular formula is C22H22N3O4-. The summed E-state index contributed by atoms with van der Waals surface area (Å²) in [6.45, 7) is 2.97. The van der Waals surface area contributed by atoms with Crippen molar-refractivity contribution in [2.45, 2.75) is 19.8 Å². The fraction of sp³-hybridized carbons (Fsp3) is 0.273. The van der Waals surface area contributed by atoms with Crippen LogP contribution >= 0.6 is 0 Å². The van der Waals surface area contributed by atoms with Crippen molar-refractivity contribution in [2.24, 2.45) is 11.0 Å². The standard InChI is InChI=1S/C22H23N3O4/c1-15-4-2-3-5-19(15)21(27)25-12-10-17(11-13-25)20(26)24-23-14-16-6-8-18(9-7-16)22(28)29/h2-9,14,17H,10-13H2,1H3,(H,24,26)(H,28,29)/p-1/b23-14-. The summed E-state index contributed by atoms with van der Waals surface area (Å²) < 4.78 is 0. The van der Waals surface area contributed by atoms with Gasteiger partial charge in [0.2, 0.25) is 5.91 Å². The summed E-state index contributed by atoms with van der Waals surface area (Å²) in [5.41, 5.74) is 4.91. The van der Waals surface area contributed by atoms with Gasteiger partial charge in [-0.3, -0.25) is 9.59 Å². The Kier molecular flexibility index (Phi) is 6.39. The largest absolute Gasteiger partial charge is 0.545 e. The number of hydrogen-bond acceptors (Lipinski definition) is 5. The van der Waals surface area contributed by atoms with Gasteiger partial charge in [0.15, 0.2) is 0 Å². The molecule has 3 rings (SSSR count). The second kappa shape index (κ2) is 9.14. The maximum atomic E-state index is 12.7. The normalized spacial score (nSPS) is 14.7. The number of rotatable bonds is 5. The molecule has 1 fully saturated rings. The Hall–Kier alpha value is -3.48. The highest BCUT2D eigenvalue weighted by molar-refractivity contribution is 5.95. The topological polar surface area (TPSA) is 102 Å². The van der Waals surface area contributed by atoms with Gasteiger partial charge < -0.3 is 14.8 Å². The highest BCUT2D eigenvalue weighted by Crippen LogP contribution is 2.20. The number of benzene rings is 2. The number of hydrogen-bond donors (Lipinski definition) is 1. The minimum Gasteiger partial charge on any atom is -0.545 e. The third-order valence-electron chi connectivity index (χ3n) is 5.06. The molecule has 0 radical (unpaired) electrons. The zero-order valence-corrected chi connectivity index (χ0v) is 16.1. The molecule has 2 aromatic rings. The first-order valence-corrected chi connectivity index (χ1v) is 9.45. The maximum absolute atomic E-state index is 12.7. The number of aryl methyl sites for hydroxylation is 1. The summed E-state index contributed by atoms with van der Waals surface area (Å²) in [7, 11) is 0. The van der Waals surface area contributed by atoms with E-state index in [9.17, 15) is 19.5 Å². The van der Waals surface area contributed by atoms with Gasteiger partial charge in [-0.1, -0.05) is 42.5 Å². The molecule has 2 amide bonds. The van der Waals surface area contributed by atoms with Crippen molar-refractivity contribution in [1.29, 1.82) is 0 Å². The zero-order valence-electron chi connectivity index (χ0n) is 16.1. The van der Waals surface area contributed by atoms with Crippen LogP contribution in [0.4, 0.5) is 0 Å². The third-order valence-corrected chi connectivity index (χ3v) is 5.06. The van der Waals surface area contributed by atoms with Crippen LogP contribution in [0.3, 0.4) is 0 Å². The number of carbonyl (C=O) groups excluding carboxylic acids is 3. The molecule has 0 saturated carbocycles. The Morgan fingerprint density at radius 3 is 2.34 bits per heavy atom. The van der Waals surface area contributed by atoms with E-state index in [0.29, 0.717) is 37.1 Å². The molecule has 1 aliphatic rings. The lowest BCUT2D eigenvalue weighted by atomic mass is 9.95. The average Bonchev–Trinajstić information content (AvgIpc) is 2.74. The summed E-state index contributed by atoms with van der Waals surface area (Å²) in [5, 5.41) is 14.7. The molecule has 0 bridgehead atoms. The van der Waals surface area contributed by atoms with Crippen molar-refractivity contribution in [1.82, 2.24) is 10.3 Å². The van der Waals surface area contributed by atoms with Gasteiger partial charge in [-0.05, 0) is 42.5 Å². The molecule has 1 aliphatic heterocycles. The Morgan fingerprint density at radius 1 is 1.07 bits per heavy atom. The molecule has 0 spiro atoms. The first kappa shape index (κ1) is 20.3. The maximum Gasteiger partial charge on any atom is 0.254 e. The molecule has 29 heavy (non-hydrogen) atoms. The summed E-state index contributed by atoms with van der Waals surface area (Å²) >= 11 is 0. The summed E-state index contributed by atoms with van der Waals surface area (Å²) in [6.07, 6.45) is 2.62. The van der Waals surface area contributed by atoms with Crippen molar-refractivity contribution in [3.8, 4) is 0 Å². The van der Waals surface area contributed by atoms with E-state index in [4.69, 9.17) is 0 Å². The minimum absolute atomic E-state index is 0.0000122. The molecular weight excluding hydrogens is 370 g/mol. The number of carbonyl (C=O) groups is 3. The van der Waals surface area contributed by atoms with E-state index >= 15 is 0 Å². The van der Waals surface area contributed by atoms with E-state index < -0.39 is 5.97 Å². The van der Waals surface area contributed by atoms with Crippen LogP contribution in [0, 0.1) is 12.8 Å². The quantitative estimate of drug-likeness (QED) is 0.613. The minimum atomic E-state index is -1.24. The van der Waals surface area contributed by atoms with Crippen molar-refractivity contribution in [3.63, 3.8) is 0 Å². The highest BCUT2D eigenvalue weighted by Gasteiger charge is 2.28. The molecule has 1 N–H and O–H groups in total. The monoisotopic (exact) mass is 392 g/mol. The van der Waals surface area contributed by atoms with E-state index in [-0.39, 0.29) is 23.3 Å². The molecule has 0 aromatic heterocycles. The van der Waals surface area contributed by atoms with Crippen LogP contribution in [0.5, 0.6) is 0 Å². The lowest BCUT2D eigenvalue weighted by Gasteiger charge is -2.31. The van der Waals surface area contributed by atoms with E-state index in [1.807, 2.05) is 31.2 Å². The second-order valence-corrected chi connectivity index (χ2v) is 7.03. The molecule has 0 atom stereocenters. The summed E-state index contributed by atoms with van der Waals surface area (Å²) in [4.78, 5) is 37.5. The fourth-order valence-electron chi connectivity index (χ4n) is 3.29. The van der Waals surface area contributed by atoms with Gasteiger partial charge in [0.25, 0.3) is 5.91 Å². The molecule has 2 aromatic carbocycles. The number of carboxylic acid groups (broad SMARTS) is 1. The average molecular weight is 392 g/mol. The lowest BCUT2D eigenvalue weighted by molar-refractivity contribution is -0.255. The number of aromatic carboxylic acids is 1. The van der Waals surface area contributed by atoms with Gasteiger partial charge in [0, 0.05) is 24.6 Å². The van der Waals surface area contributed by atoms with Crippen LogP contribution in [0.15, 0.2) is 53.6 Å². The molecule has 1 saturated heterocycles. The number of carboxylic acids is 1. The predicted molar refractivity (Wildman–Crippen MR) is 106 cm³/mol. The first-order chi connectivity index (χ1) is 14.0. The number of hydrazone groups is 1. The number of piperidine rings is 1. The van der Waals surface area contributed by atoms with Crippen LogP contribution in [-0.4, -0.2) is 42.0 Å². The van der Waals surface area contributed by atoms with Crippen molar-refractivity contribution < 1.29 is 19.5 Å². The van der Waals surface area contributed by atoms with Crippen molar-refractivity contribution in [3.05, 3.63) is 70.8 Å². The fourth-order valence-corrected chi connectivity index (χ4v) is 3.29. The van der Waals surface area contributed by atoms with E-state index in [0.717, 1.165) is 5.56 Å². The number of nitrogens with one attached hydrogen (secondary N) is 1. The Balaban J connectivity index is 1.49. The van der Waals surface area contributed by atoms with E-state index in [2.05, 4.69) is 10.5 Å². The van der Waals surface area contributed by atoms with Crippen molar-refractivity contribution in [2.75, 3.05) is 13.1 Å². The van der Waals surface area contributed by atoms with Gasteiger partial charge in [0.1, 0.15) is 0 Å². The van der Waals surface area contributed by atoms with Crippen LogP contribution in [0.2, 0.25) is 0 Å². The van der Waals surface area contributed by atoms with Crippen LogP contribution in [0.1, 0.15) is 44.7 Å². The Labute approximate surface area is 169 Å². The SMILES string of the molecule is Cc1ccccc1C(=O)N1CCC(C(=O)N/N=C\c2ccc(C(=O)[O-])cc2)CC1. The van der Waals surface area contributed by atoms with Crippen LogP contribution in [0.25, 0.3) is 0 Å². The number of nitrogens with zero attached hydrogens (tertiary/aromatic N) is 2. The molecule has 7 heteroatoms. The van der Waals surface area contributed by atoms with E-state index in [1.54, 1.807) is 17.0 Å².